The molecule has 1 aliphatic heterocycles. The van der Waals surface area contributed by atoms with Crippen molar-refractivity contribution in [2.24, 2.45) is 4.99 Å². The molecule has 1 aliphatic rings. The predicted octanol–water partition coefficient (Wildman–Crippen LogP) is 3.76. The summed E-state index contributed by atoms with van der Waals surface area (Å²) in [6, 6.07) is 11.0. The highest BCUT2D eigenvalue weighted by atomic mass is 127. The van der Waals surface area contributed by atoms with E-state index in [1.807, 2.05) is 31.2 Å². The van der Waals surface area contributed by atoms with Crippen LogP contribution in [-0.2, 0) is 11.3 Å². The van der Waals surface area contributed by atoms with Crippen LogP contribution in [-0.4, -0.2) is 25.0 Å². The zero-order chi connectivity index (χ0) is 19.2. The van der Waals surface area contributed by atoms with Gasteiger partial charge in [0.1, 0.15) is 11.6 Å². The van der Waals surface area contributed by atoms with E-state index in [0.29, 0.717) is 25.5 Å². The second-order valence-corrected chi connectivity index (χ2v) is 6.35. The Labute approximate surface area is 180 Å². The lowest BCUT2D eigenvalue weighted by Crippen LogP contribution is -2.40. The summed E-state index contributed by atoms with van der Waals surface area (Å²) < 4.78 is 27.1. The Morgan fingerprint density at radius 1 is 1.21 bits per heavy atom. The number of rotatable bonds is 5. The largest absolute Gasteiger partial charge is 0.357 e. The SMILES string of the molecule is CCNC(=NCc1cc(F)ccc1F)NCC1CC(=O)Nc2ccccc21.I. The molecule has 2 aromatic carbocycles. The first-order valence-electron chi connectivity index (χ1n) is 8.91. The number of anilines is 1. The number of guanidine groups is 1. The van der Waals surface area contributed by atoms with Gasteiger partial charge in [0.05, 0.1) is 6.54 Å². The molecular weight excluding hydrogens is 477 g/mol. The summed E-state index contributed by atoms with van der Waals surface area (Å²) in [5.41, 5.74) is 2.08. The third-order valence-corrected chi connectivity index (χ3v) is 4.38. The van der Waals surface area contributed by atoms with E-state index < -0.39 is 11.6 Å². The number of carbonyl (C=O) groups excluding carboxylic acids is 1. The maximum absolute atomic E-state index is 13.8. The molecule has 0 saturated heterocycles. The zero-order valence-corrected chi connectivity index (χ0v) is 17.8. The van der Waals surface area contributed by atoms with E-state index in [2.05, 4.69) is 20.9 Å². The fourth-order valence-electron chi connectivity index (χ4n) is 3.07. The lowest BCUT2D eigenvalue weighted by Gasteiger charge is -2.26. The van der Waals surface area contributed by atoms with E-state index in [1.165, 1.54) is 0 Å². The molecule has 3 N–H and O–H groups in total. The van der Waals surface area contributed by atoms with Gasteiger partial charge in [-0.05, 0) is 36.8 Å². The highest BCUT2D eigenvalue weighted by Crippen LogP contribution is 2.31. The lowest BCUT2D eigenvalue weighted by atomic mass is 9.90. The molecule has 2 aromatic rings. The van der Waals surface area contributed by atoms with Gasteiger partial charge in [-0.1, -0.05) is 18.2 Å². The molecule has 1 heterocycles. The number of carbonyl (C=O) groups is 1. The van der Waals surface area contributed by atoms with Gasteiger partial charge >= 0.3 is 0 Å². The van der Waals surface area contributed by atoms with Crippen molar-refractivity contribution in [2.75, 3.05) is 18.4 Å². The van der Waals surface area contributed by atoms with Crippen molar-refractivity contribution in [1.82, 2.24) is 10.6 Å². The number of nitrogens with one attached hydrogen (secondary N) is 3. The van der Waals surface area contributed by atoms with Crippen LogP contribution in [0, 0.1) is 11.6 Å². The van der Waals surface area contributed by atoms with Crippen LogP contribution >= 0.6 is 24.0 Å². The quantitative estimate of drug-likeness (QED) is 0.333. The topological polar surface area (TPSA) is 65.5 Å². The Bertz CT molecular complexity index is 860. The molecule has 1 unspecified atom stereocenters. The fourth-order valence-corrected chi connectivity index (χ4v) is 3.07. The average molecular weight is 500 g/mol. The molecule has 0 fully saturated rings. The van der Waals surface area contributed by atoms with Crippen LogP contribution in [0.15, 0.2) is 47.5 Å². The maximum Gasteiger partial charge on any atom is 0.225 e. The number of para-hydroxylation sites is 1. The highest BCUT2D eigenvalue weighted by Gasteiger charge is 2.24. The van der Waals surface area contributed by atoms with E-state index in [1.54, 1.807) is 0 Å². The Morgan fingerprint density at radius 3 is 2.79 bits per heavy atom. The highest BCUT2D eigenvalue weighted by molar-refractivity contribution is 14.0. The molecule has 150 valence electrons. The molecule has 3 rings (SSSR count). The van der Waals surface area contributed by atoms with Gasteiger partial charge in [-0.15, -0.1) is 24.0 Å². The molecule has 1 amide bonds. The fraction of sp³-hybridized carbons (Fsp3) is 0.300. The van der Waals surface area contributed by atoms with Gasteiger partial charge in [0.15, 0.2) is 5.96 Å². The molecule has 0 bridgehead atoms. The number of nitrogens with zero attached hydrogens (tertiary/aromatic N) is 1. The van der Waals surface area contributed by atoms with Gasteiger partial charge in [0.2, 0.25) is 5.91 Å². The van der Waals surface area contributed by atoms with Crippen molar-refractivity contribution in [2.45, 2.75) is 25.8 Å². The number of aliphatic imine (C=N–C) groups is 1. The molecule has 0 saturated carbocycles. The van der Waals surface area contributed by atoms with Crippen molar-refractivity contribution >= 4 is 41.5 Å². The minimum Gasteiger partial charge on any atom is -0.357 e. The second kappa shape index (κ2) is 10.4. The van der Waals surface area contributed by atoms with Gasteiger partial charge in [0.25, 0.3) is 0 Å². The zero-order valence-electron chi connectivity index (χ0n) is 15.5. The molecule has 0 spiro atoms. The standard InChI is InChI=1S/C20H22F2N4O.HI/c1-2-23-20(25-12-14-9-15(21)7-8-17(14)22)24-11-13-10-19(27)26-18-6-4-3-5-16(13)18;/h3-9,13H,2,10-12H2,1H3,(H,26,27)(H2,23,24,25);1H. The summed E-state index contributed by atoms with van der Waals surface area (Å²) in [5.74, 6) is -0.517. The Morgan fingerprint density at radius 2 is 2.00 bits per heavy atom. The monoisotopic (exact) mass is 500 g/mol. The number of halogens is 3. The minimum absolute atomic E-state index is 0. The van der Waals surface area contributed by atoms with Gasteiger partial charge in [-0.2, -0.15) is 0 Å². The van der Waals surface area contributed by atoms with Crippen LogP contribution in [0.3, 0.4) is 0 Å². The van der Waals surface area contributed by atoms with E-state index in [9.17, 15) is 13.6 Å². The van der Waals surface area contributed by atoms with Crippen molar-refractivity contribution in [3.05, 3.63) is 65.2 Å². The van der Waals surface area contributed by atoms with Crippen LogP contribution in [0.4, 0.5) is 14.5 Å². The van der Waals surface area contributed by atoms with Gasteiger partial charge in [0, 0.05) is 36.7 Å². The van der Waals surface area contributed by atoms with Gasteiger partial charge in [-0.25, -0.2) is 13.8 Å². The lowest BCUT2D eigenvalue weighted by molar-refractivity contribution is -0.116. The van der Waals surface area contributed by atoms with Crippen LogP contribution in [0.5, 0.6) is 0 Å². The maximum atomic E-state index is 13.8. The number of fused-ring (bicyclic) bond motifs is 1. The third kappa shape index (κ3) is 5.63. The second-order valence-electron chi connectivity index (χ2n) is 6.35. The van der Waals surface area contributed by atoms with Gasteiger partial charge in [-0.3, -0.25) is 4.79 Å². The Balaban J connectivity index is 0.00000280. The first-order valence-corrected chi connectivity index (χ1v) is 8.91. The number of benzene rings is 2. The first-order chi connectivity index (χ1) is 13.1. The molecular formula is C20H23F2IN4O. The summed E-state index contributed by atoms with van der Waals surface area (Å²) in [5, 5.41) is 9.15. The molecule has 8 heteroatoms. The molecule has 0 radical (unpaired) electrons. The predicted molar refractivity (Wildman–Crippen MR) is 117 cm³/mol. The summed E-state index contributed by atoms with van der Waals surface area (Å²) in [7, 11) is 0. The van der Waals surface area contributed by atoms with Crippen molar-refractivity contribution < 1.29 is 13.6 Å². The Kier molecular flexibility index (Phi) is 8.16. The smallest absolute Gasteiger partial charge is 0.225 e. The van der Waals surface area contributed by atoms with Crippen LogP contribution in [0.25, 0.3) is 0 Å². The number of hydrogen-bond acceptors (Lipinski definition) is 2. The van der Waals surface area contributed by atoms with Gasteiger partial charge < -0.3 is 16.0 Å². The molecule has 0 aromatic heterocycles. The third-order valence-electron chi connectivity index (χ3n) is 4.38. The van der Waals surface area contributed by atoms with E-state index in [0.717, 1.165) is 29.4 Å². The summed E-state index contributed by atoms with van der Waals surface area (Å²) in [6.07, 6.45) is 0.377. The average Bonchev–Trinajstić information content (AvgIpc) is 2.66. The van der Waals surface area contributed by atoms with Crippen LogP contribution in [0.1, 0.15) is 30.4 Å². The van der Waals surface area contributed by atoms with E-state index in [4.69, 9.17) is 0 Å². The summed E-state index contributed by atoms with van der Waals surface area (Å²) in [6.45, 7) is 3.06. The van der Waals surface area contributed by atoms with E-state index >= 15 is 0 Å². The number of amides is 1. The molecule has 5 nitrogen and oxygen atoms in total. The summed E-state index contributed by atoms with van der Waals surface area (Å²) in [4.78, 5) is 16.3. The van der Waals surface area contributed by atoms with Crippen molar-refractivity contribution in [3.8, 4) is 0 Å². The molecule has 0 aliphatic carbocycles. The van der Waals surface area contributed by atoms with Crippen molar-refractivity contribution in [1.29, 1.82) is 0 Å². The first kappa shape index (κ1) is 22.1. The minimum atomic E-state index is -0.496. The number of hydrogen-bond donors (Lipinski definition) is 3. The molecule has 28 heavy (non-hydrogen) atoms. The molecule has 1 atom stereocenters. The Hall–Kier alpha value is -2.23. The van der Waals surface area contributed by atoms with E-state index in [-0.39, 0.29) is 47.9 Å². The summed E-state index contributed by atoms with van der Waals surface area (Å²) >= 11 is 0. The van der Waals surface area contributed by atoms with Crippen LogP contribution < -0.4 is 16.0 Å². The normalized spacial score (nSPS) is 15.9. The van der Waals surface area contributed by atoms with Crippen molar-refractivity contribution in [3.63, 3.8) is 0 Å². The van der Waals surface area contributed by atoms with Crippen LogP contribution in [0.2, 0.25) is 0 Å².